The molecule has 0 radical (unpaired) electrons. The Kier molecular flexibility index (Phi) is 5.33. The Morgan fingerprint density at radius 1 is 0.724 bits per heavy atom. The molecule has 0 aliphatic heterocycles. The first-order valence-electron chi connectivity index (χ1n) is 9.22. The van der Waals surface area contributed by atoms with Crippen molar-refractivity contribution in [2.75, 3.05) is 0 Å². The molecule has 1 N–H and O–H groups in total. The highest BCUT2D eigenvalue weighted by molar-refractivity contribution is 5.85. The predicted octanol–water partition coefficient (Wildman–Crippen LogP) is 4.08. The lowest BCUT2D eigenvalue weighted by atomic mass is 10.0. The van der Waals surface area contributed by atoms with E-state index in [0.717, 1.165) is 34.0 Å². The third kappa shape index (κ3) is 4.50. The van der Waals surface area contributed by atoms with E-state index >= 15 is 0 Å². The van der Waals surface area contributed by atoms with Crippen LogP contribution < -0.4 is 0 Å². The molecule has 4 aromatic heterocycles. The third-order valence-corrected chi connectivity index (χ3v) is 4.44. The summed E-state index contributed by atoms with van der Waals surface area (Å²) >= 11 is 0. The molecule has 0 fully saturated rings. The van der Waals surface area contributed by atoms with Crippen molar-refractivity contribution < 1.29 is 9.90 Å². The van der Waals surface area contributed by atoms with E-state index in [-0.39, 0.29) is 5.69 Å². The second-order valence-electron chi connectivity index (χ2n) is 6.50. The average molecular weight is 382 g/mol. The number of aryl methyl sites for hydroxylation is 2. The fourth-order valence-electron chi connectivity index (χ4n) is 3.03. The van der Waals surface area contributed by atoms with E-state index in [0.29, 0.717) is 12.8 Å². The molecule has 29 heavy (non-hydrogen) atoms. The molecule has 0 spiro atoms. The zero-order valence-electron chi connectivity index (χ0n) is 15.6. The molecule has 0 amide bonds. The first kappa shape index (κ1) is 18.4. The summed E-state index contributed by atoms with van der Waals surface area (Å²) in [6, 6.07) is 20.5. The summed E-state index contributed by atoms with van der Waals surface area (Å²) in [6.07, 6.45) is 4.80. The Labute approximate surface area is 168 Å². The predicted molar refractivity (Wildman–Crippen MR) is 109 cm³/mol. The number of hydrogen-bond acceptors (Lipinski definition) is 5. The Balaban J connectivity index is 1.67. The topological polar surface area (TPSA) is 88.9 Å². The minimum absolute atomic E-state index is 0.0561. The van der Waals surface area contributed by atoms with Gasteiger partial charge in [-0.15, -0.1) is 0 Å². The van der Waals surface area contributed by atoms with Gasteiger partial charge in [0.1, 0.15) is 5.69 Å². The quantitative estimate of drug-likeness (QED) is 0.540. The summed E-state index contributed by atoms with van der Waals surface area (Å²) < 4.78 is 0. The van der Waals surface area contributed by atoms with E-state index in [9.17, 15) is 4.79 Å². The molecule has 0 unspecified atom stereocenters. The number of carboxylic acids is 1. The Morgan fingerprint density at radius 3 is 1.93 bits per heavy atom. The zero-order chi connectivity index (χ0) is 20.1. The van der Waals surface area contributed by atoms with Gasteiger partial charge in [0.25, 0.3) is 0 Å². The molecule has 4 heterocycles. The van der Waals surface area contributed by atoms with E-state index in [2.05, 4.69) is 15.0 Å². The maximum Gasteiger partial charge on any atom is 0.354 e. The van der Waals surface area contributed by atoms with Crippen LogP contribution in [-0.4, -0.2) is 31.0 Å². The van der Waals surface area contributed by atoms with Gasteiger partial charge in [0.05, 0.1) is 22.8 Å². The minimum Gasteiger partial charge on any atom is -0.477 e. The number of aromatic nitrogens is 4. The highest BCUT2D eigenvalue weighted by Gasteiger charge is 2.10. The van der Waals surface area contributed by atoms with E-state index in [4.69, 9.17) is 10.1 Å². The van der Waals surface area contributed by atoms with Crippen LogP contribution in [0.4, 0.5) is 0 Å². The van der Waals surface area contributed by atoms with Gasteiger partial charge in [0.2, 0.25) is 0 Å². The molecule has 6 nitrogen and oxygen atoms in total. The second kappa shape index (κ2) is 8.39. The largest absolute Gasteiger partial charge is 0.477 e. The minimum atomic E-state index is -1.02. The Hall–Kier alpha value is -3.93. The van der Waals surface area contributed by atoms with Crippen molar-refractivity contribution in [3.8, 4) is 22.8 Å². The molecule has 0 saturated carbocycles. The number of carboxylic acid groups (broad SMARTS) is 1. The molecule has 0 aromatic carbocycles. The maximum atomic E-state index is 11.1. The molecule has 142 valence electrons. The summed E-state index contributed by atoms with van der Waals surface area (Å²) in [6.45, 7) is 0. The second-order valence-corrected chi connectivity index (χ2v) is 6.50. The van der Waals surface area contributed by atoms with Crippen LogP contribution in [-0.2, 0) is 12.8 Å². The van der Waals surface area contributed by atoms with Crippen LogP contribution in [0.2, 0.25) is 0 Å². The Bertz CT molecular complexity index is 1070. The van der Waals surface area contributed by atoms with Crippen LogP contribution >= 0.6 is 0 Å². The molecular formula is C23H18N4O2. The van der Waals surface area contributed by atoms with Gasteiger partial charge in [0.15, 0.2) is 0 Å². The van der Waals surface area contributed by atoms with Gasteiger partial charge in [-0.2, -0.15) is 0 Å². The summed E-state index contributed by atoms with van der Waals surface area (Å²) in [5.74, 6) is -1.02. The molecule has 0 bridgehead atoms. The van der Waals surface area contributed by atoms with E-state index in [1.807, 2.05) is 54.6 Å². The maximum absolute atomic E-state index is 11.1. The SMILES string of the molecule is O=C(O)c1cccc(CCc2cc(-c3ccccn3)nc(-c3ccccn3)c2)n1. The van der Waals surface area contributed by atoms with Crippen LogP contribution in [0.1, 0.15) is 21.7 Å². The van der Waals surface area contributed by atoms with Crippen molar-refractivity contribution in [1.82, 2.24) is 19.9 Å². The molecule has 4 aromatic rings. The smallest absolute Gasteiger partial charge is 0.354 e. The molecule has 0 aliphatic rings. The lowest BCUT2D eigenvalue weighted by molar-refractivity contribution is 0.0690. The van der Waals surface area contributed by atoms with Gasteiger partial charge >= 0.3 is 5.97 Å². The number of carbonyl (C=O) groups is 1. The number of pyridine rings is 4. The summed E-state index contributed by atoms with van der Waals surface area (Å²) in [4.78, 5) is 28.9. The first-order chi connectivity index (χ1) is 14.2. The summed E-state index contributed by atoms with van der Waals surface area (Å²) in [7, 11) is 0. The van der Waals surface area contributed by atoms with Crippen LogP contribution in [0.5, 0.6) is 0 Å². The fourth-order valence-corrected chi connectivity index (χ4v) is 3.03. The molecular weight excluding hydrogens is 364 g/mol. The summed E-state index contributed by atoms with van der Waals surface area (Å²) in [5, 5.41) is 9.13. The lowest BCUT2D eigenvalue weighted by Gasteiger charge is -2.09. The van der Waals surface area contributed by atoms with Crippen LogP contribution in [0.25, 0.3) is 22.8 Å². The van der Waals surface area contributed by atoms with E-state index in [1.54, 1.807) is 18.5 Å². The first-order valence-corrected chi connectivity index (χ1v) is 9.22. The number of nitrogens with zero attached hydrogens (tertiary/aromatic N) is 4. The van der Waals surface area contributed by atoms with E-state index in [1.165, 1.54) is 6.07 Å². The van der Waals surface area contributed by atoms with Crippen molar-refractivity contribution in [3.05, 3.63) is 96.1 Å². The Morgan fingerprint density at radius 2 is 1.38 bits per heavy atom. The highest BCUT2D eigenvalue weighted by Crippen LogP contribution is 2.23. The van der Waals surface area contributed by atoms with Gasteiger partial charge in [-0.25, -0.2) is 14.8 Å². The standard InChI is InChI=1S/C23H18N4O2/c28-23(29)20-9-5-6-17(26-20)11-10-16-14-21(18-7-1-3-12-24-18)27-22(15-16)19-8-2-4-13-25-19/h1-9,12-15H,10-11H2,(H,28,29). The fraction of sp³-hybridized carbons (Fsp3) is 0.0870. The zero-order valence-corrected chi connectivity index (χ0v) is 15.6. The average Bonchev–Trinajstić information content (AvgIpc) is 2.79. The molecule has 0 atom stereocenters. The normalized spacial score (nSPS) is 10.6. The molecule has 6 heteroatoms. The highest BCUT2D eigenvalue weighted by atomic mass is 16.4. The van der Waals surface area contributed by atoms with Gasteiger partial charge in [-0.3, -0.25) is 9.97 Å². The van der Waals surface area contributed by atoms with Crippen molar-refractivity contribution in [3.63, 3.8) is 0 Å². The van der Waals surface area contributed by atoms with Gasteiger partial charge in [-0.1, -0.05) is 18.2 Å². The van der Waals surface area contributed by atoms with Gasteiger partial charge in [-0.05, 0) is 66.9 Å². The molecule has 0 aliphatic carbocycles. The number of hydrogen-bond donors (Lipinski definition) is 1. The van der Waals surface area contributed by atoms with Crippen molar-refractivity contribution in [2.24, 2.45) is 0 Å². The summed E-state index contributed by atoms with van der Waals surface area (Å²) in [5.41, 5.74) is 4.98. The molecule has 4 rings (SSSR count). The number of rotatable bonds is 6. The van der Waals surface area contributed by atoms with Gasteiger partial charge in [0, 0.05) is 18.1 Å². The third-order valence-electron chi connectivity index (χ3n) is 4.44. The van der Waals surface area contributed by atoms with Crippen LogP contribution in [0.15, 0.2) is 79.1 Å². The van der Waals surface area contributed by atoms with Crippen LogP contribution in [0, 0.1) is 0 Å². The van der Waals surface area contributed by atoms with E-state index < -0.39 is 5.97 Å². The van der Waals surface area contributed by atoms with Crippen molar-refractivity contribution in [1.29, 1.82) is 0 Å². The van der Waals surface area contributed by atoms with Crippen molar-refractivity contribution >= 4 is 5.97 Å². The van der Waals surface area contributed by atoms with Crippen LogP contribution in [0.3, 0.4) is 0 Å². The monoisotopic (exact) mass is 382 g/mol. The number of aromatic carboxylic acids is 1. The van der Waals surface area contributed by atoms with Gasteiger partial charge < -0.3 is 5.11 Å². The molecule has 0 saturated heterocycles. The lowest BCUT2D eigenvalue weighted by Crippen LogP contribution is -2.04. The van der Waals surface area contributed by atoms with Crippen molar-refractivity contribution in [2.45, 2.75) is 12.8 Å².